The van der Waals surface area contributed by atoms with Gasteiger partial charge in [0.25, 0.3) is 0 Å². The van der Waals surface area contributed by atoms with Crippen LogP contribution in [0, 0.1) is 0 Å². The first-order chi connectivity index (χ1) is 12.1. The molecule has 0 bridgehead atoms. The van der Waals surface area contributed by atoms with Crippen molar-refractivity contribution in [2.24, 2.45) is 0 Å². The standard InChI is InChI=1S/C18H25N3O4/c1-5-6-12(2)19-16(22)9-10-17-20-18(21-25-17)13-7-8-14(23-3)15(11-13)24-4/h7-8,11-12H,5-6,9-10H2,1-4H3,(H,19,22). The first kappa shape index (κ1) is 18.8. The number of amides is 1. The molecule has 1 unspecified atom stereocenters. The zero-order chi connectivity index (χ0) is 18.2. The number of aromatic nitrogens is 2. The smallest absolute Gasteiger partial charge is 0.227 e. The predicted molar refractivity (Wildman–Crippen MR) is 93.7 cm³/mol. The van der Waals surface area contributed by atoms with Gasteiger partial charge in [-0.2, -0.15) is 4.98 Å². The monoisotopic (exact) mass is 347 g/mol. The van der Waals surface area contributed by atoms with Gasteiger partial charge in [-0.05, 0) is 31.5 Å². The van der Waals surface area contributed by atoms with Gasteiger partial charge in [0, 0.05) is 24.4 Å². The Morgan fingerprint density at radius 3 is 2.72 bits per heavy atom. The number of carbonyl (C=O) groups is 1. The molecule has 2 aromatic rings. The number of benzene rings is 1. The van der Waals surface area contributed by atoms with Crippen LogP contribution in [0.15, 0.2) is 22.7 Å². The van der Waals surface area contributed by atoms with Crippen LogP contribution in [0.2, 0.25) is 0 Å². The highest BCUT2D eigenvalue weighted by molar-refractivity contribution is 5.76. The molecule has 1 aromatic carbocycles. The summed E-state index contributed by atoms with van der Waals surface area (Å²) >= 11 is 0. The van der Waals surface area contributed by atoms with Crippen molar-refractivity contribution in [1.29, 1.82) is 0 Å². The third-order valence-electron chi connectivity index (χ3n) is 3.80. The molecule has 0 radical (unpaired) electrons. The normalized spacial score (nSPS) is 11.8. The van der Waals surface area contributed by atoms with E-state index in [0.29, 0.717) is 36.1 Å². The third kappa shape index (κ3) is 5.20. The van der Waals surface area contributed by atoms with Gasteiger partial charge in [0.1, 0.15) is 0 Å². The van der Waals surface area contributed by atoms with E-state index >= 15 is 0 Å². The molecule has 0 aliphatic rings. The minimum absolute atomic E-state index is 0.00758. The highest BCUT2D eigenvalue weighted by atomic mass is 16.5. The lowest BCUT2D eigenvalue weighted by Gasteiger charge is -2.11. The number of hydrogen-bond donors (Lipinski definition) is 1. The Balaban J connectivity index is 1.97. The van der Waals surface area contributed by atoms with Crippen molar-refractivity contribution in [3.05, 3.63) is 24.1 Å². The number of methoxy groups -OCH3 is 2. The SMILES string of the molecule is CCCC(C)NC(=O)CCc1nc(-c2ccc(OC)c(OC)c2)no1. The van der Waals surface area contributed by atoms with Crippen LogP contribution in [0.25, 0.3) is 11.4 Å². The maximum atomic E-state index is 11.9. The van der Waals surface area contributed by atoms with Gasteiger partial charge in [0.15, 0.2) is 11.5 Å². The van der Waals surface area contributed by atoms with Gasteiger partial charge in [-0.3, -0.25) is 4.79 Å². The summed E-state index contributed by atoms with van der Waals surface area (Å²) < 4.78 is 15.7. The van der Waals surface area contributed by atoms with Gasteiger partial charge >= 0.3 is 0 Å². The van der Waals surface area contributed by atoms with Crippen molar-refractivity contribution >= 4 is 5.91 Å². The van der Waals surface area contributed by atoms with Crippen molar-refractivity contribution in [3.63, 3.8) is 0 Å². The molecular weight excluding hydrogens is 322 g/mol. The van der Waals surface area contributed by atoms with E-state index in [1.165, 1.54) is 0 Å². The largest absolute Gasteiger partial charge is 0.493 e. The summed E-state index contributed by atoms with van der Waals surface area (Å²) in [5, 5.41) is 6.93. The van der Waals surface area contributed by atoms with Crippen LogP contribution in [0.5, 0.6) is 11.5 Å². The molecule has 7 nitrogen and oxygen atoms in total. The Bertz CT molecular complexity index is 699. The Morgan fingerprint density at radius 1 is 1.28 bits per heavy atom. The molecule has 0 saturated heterocycles. The van der Waals surface area contributed by atoms with Crippen molar-refractivity contribution in [1.82, 2.24) is 15.5 Å². The average molecular weight is 347 g/mol. The quantitative estimate of drug-likeness (QED) is 0.750. The fraction of sp³-hybridized carbons (Fsp3) is 0.500. The van der Waals surface area contributed by atoms with Crippen LogP contribution in [-0.2, 0) is 11.2 Å². The fourth-order valence-electron chi connectivity index (χ4n) is 2.52. The maximum Gasteiger partial charge on any atom is 0.227 e. The molecule has 7 heteroatoms. The molecule has 0 aliphatic carbocycles. The molecule has 136 valence electrons. The lowest BCUT2D eigenvalue weighted by Crippen LogP contribution is -2.32. The summed E-state index contributed by atoms with van der Waals surface area (Å²) in [7, 11) is 3.15. The molecule has 1 heterocycles. The van der Waals surface area contributed by atoms with E-state index in [1.54, 1.807) is 26.4 Å². The molecule has 2 rings (SSSR count). The Labute approximate surface area is 147 Å². The molecule has 0 aliphatic heterocycles. The van der Waals surface area contributed by atoms with Crippen molar-refractivity contribution in [2.75, 3.05) is 14.2 Å². The summed E-state index contributed by atoms with van der Waals surface area (Å²) in [6, 6.07) is 5.58. The maximum absolute atomic E-state index is 11.9. The number of nitrogens with zero attached hydrogens (tertiary/aromatic N) is 2. The van der Waals surface area contributed by atoms with Crippen molar-refractivity contribution in [3.8, 4) is 22.9 Å². The number of nitrogens with one attached hydrogen (secondary N) is 1. The number of ether oxygens (including phenoxy) is 2. The van der Waals surface area contributed by atoms with Crippen LogP contribution < -0.4 is 14.8 Å². The van der Waals surface area contributed by atoms with Crippen molar-refractivity contribution < 1.29 is 18.8 Å². The number of carbonyl (C=O) groups excluding carboxylic acids is 1. The highest BCUT2D eigenvalue weighted by Crippen LogP contribution is 2.31. The van der Waals surface area contributed by atoms with E-state index in [0.717, 1.165) is 18.4 Å². The molecule has 1 amide bonds. The molecule has 0 saturated carbocycles. The van der Waals surface area contributed by atoms with E-state index < -0.39 is 0 Å². The van der Waals surface area contributed by atoms with Crippen LogP contribution >= 0.6 is 0 Å². The Morgan fingerprint density at radius 2 is 2.04 bits per heavy atom. The van der Waals surface area contributed by atoms with Gasteiger partial charge < -0.3 is 19.3 Å². The molecule has 0 fully saturated rings. The van der Waals surface area contributed by atoms with Crippen LogP contribution in [0.4, 0.5) is 0 Å². The second kappa shape index (κ2) is 9.05. The third-order valence-corrected chi connectivity index (χ3v) is 3.80. The molecule has 1 aromatic heterocycles. The first-order valence-electron chi connectivity index (χ1n) is 8.41. The summed E-state index contributed by atoms with van der Waals surface area (Å²) in [4.78, 5) is 16.2. The lowest BCUT2D eigenvalue weighted by atomic mass is 10.2. The summed E-state index contributed by atoms with van der Waals surface area (Å²) in [5.74, 6) is 2.11. The van der Waals surface area contributed by atoms with E-state index in [1.807, 2.05) is 13.0 Å². The highest BCUT2D eigenvalue weighted by Gasteiger charge is 2.14. The zero-order valence-electron chi connectivity index (χ0n) is 15.2. The molecule has 25 heavy (non-hydrogen) atoms. The summed E-state index contributed by atoms with van der Waals surface area (Å²) in [6.07, 6.45) is 2.74. The number of hydrogen-bond acceptors (Lipinski definition) is 6. The Kier molecular flexibility index (Phi) is 6.80. The van der Waals surface area contributed by atoms with Crippen molar-refractivity contribution in [2.45, 2.75) is 45.6 Å². The molecule has 1 atom stereocenters. The molecular formula is C18H25N3O4. The van der Waals surface area contributed by atoms with Crippen LogP contribution in [0.1, 0.15) is 39.0 Å². The number of rotatable bonds is 9. The van der Waals surface area contributed by atoms with Gasteiger partial charge in [-0.15, -0.1) is 0 Å². The summed E-state index contributed by atoms with van der Waals surface area (Å²) in [5.41, 5.74) is 0.758. The van der Waals surface area contributed by atoms with E-state index in [2.05, 4.69) is 22.4 Å². The zero-order valence-corrected chi connectivity index (χ0v) is 15.2. The minimum Gasteiger partial charge on any atom is -0.493 e. The van der Waals surface area contributed by atoms with E-state index in [9.17, 15) is 4.79 Å². The van der Waals surface area contributed by atoms with E-state index in [4.69, 9.17) is 14.0 Å². The second-order valence-corrected chi connectivity index (χ2v) is 5.84. The van der Waals surface area contributed by atoms with Crippen LogP contribution in [0.3, 0.4) is 0 Å². The second-order valence-electron chi connectivity index (χ2n) is 5.84. The predicted octanol–water partition coefficient (Wildman–Crippen LogP) is 2.99. The number of aryl methyl sites for hydroxylation is 1. The first-order valence-corrected chi connectivity index (χ1v) is 8.41. The van der Waals surface area contributed by atoms with Gasteiger partial charge in [0.05, 0.1) is 14.2 Å². The van der Waals surface area contributed by atoms with Gasteiger partial charge in [0.2, 0.25) is 17.6 Å². The topological polar surface area (TPSA) is 86.5 Å². The minimum atomic E-state index is -0.00758. The van der Waals surface area contributed by atoms with Gasteiger partial charge in [-0.25, -0.2) is 0 Å². The average Bonchev–Trinajstić information content (AvgIpc) is 3.08. The molecule has 0 spiro atoms. The lowest BCUT2D eigenvalue weighted by molar-refractivity contribution is -0.121. The van der Waals surface area contributed by atoms with Crippen LogP contribution in [-0.4, -0.2) is 36.3 Å². The van der Waals surface area contributed by atoms with Gasteiger partial charge in [-0.1, -0.05) is 18.5 Å². The summed E-state index contributed by atoms with van der Waals surface area (Å²) in [6.45, 7) is 4.10. The Hall–Kier alpha value is -2.57. The van der Waals surface area contributed by atoms with E-state index in [-0.39, 0.29) is 11.9 Å². The fourth-order valence-corrected chi connectivity index (χ4v) is 2.52. The molecule has 1 N–H and O–H groups in total.